The van der Waals surface area contributed by atoms with Gasteiger partial charge in [0.05, 0.1) is 0 Å². The van der Waals surface area contributed by atoms with Gasteiger partial charge >= 0.3 is 0 Å². The van der Waals surface area contributed by atoms with E-state index in [2.05, 4.69) is 10.2 Å². The van der Waals surface area contributed by atoms with E-state index in [0.717, 1.165) is 0 Å². The molecule has 0 aromatic carbocycles. The third-order valence-electron chi connectivity index (χ3n) is 1.23. The number of fused-ring (bicyclic) bond motifs is 1. The Hall–Kier alpha value is -1.65. The summed E-state index contributed by atoms with van der Waals surface area (Å²) in [4.78, 5) is 0.662. The molecule has 10 heavy (non-hydrogen) atoms. The lowest BCUT2D eigenvalue weighted by molar-refractivity contribution is -0.680. The van der Waals surface area contributed by atoms with E-state index in [0.29, 0.717) is 10.5 Å². The third kappa shape index (κ3) is 0.540. The highest BCUT2D eigenvalue weighted by Gasteiger charge is 1.98. The van der Waals surface area contributed by atoms with Crippen molar-refractivity contribution in [1.29, 1.82) is 0 Å². The average Bonchev–Trinajstić information content (AvgIpc) is 2.36. The number of hydrogen-bond acceptors (Lipinski definition) is 3. The normalized spacial score (nSPS) is 10.4. The molecule has 0 radical (unpaired) electrons. The Morgan fingerprint density at radius 3 is 3.30 bits per heavy atom. The summed E-state index contributed by atoms with van der Waals surface area (Å²) in [5, 5.41) is 18.1. The molecule has 0 aliphatic rings. The summed E-state index contributed by atoms with van der Waals surface area (Å²) >= 11 is 0. The highest BCUT2D eigenvalue weighted by atomic mass is 16.5. The average molecular weight is 136 g/mol. The molecule has 0 aliphatic carbocycles. The molecular formula is C5H4N4O. The van der Waals surface area contributed by atoms with Crippen molar-refractivity contribution in [3.8, 4) is 0 Å². The Balaban J connectivity index is 2.95. The second kappa shape index (κ2) is 1.66. The summed E-state index contributed by atoms with van der Waals surface area (Å²) in [7, 11) is 0. The van der Waals surface area contributed by atoms with Gasteiger partial charge in [0.15, 0.2) is 6.33 Å². The fourth-order valence-electron chi connectivity index (χ4n) is 0.775. The van der Waals surface area contributed by atoms with E-state index in [9.17, 15) is 5.21 Å². The number of rotatable bonds is 0. The first kappa shape index (κ1) is 5.16. The van der Waals surface area contributed by atoms with Gasteiger partial charge in [-0.3, -0.25) is 0 Å². The molecule has 2 rings (SSSR count). The molecule has 2 aromatic rings. The Bertz CT molecular complexity index is 355. The van der Waals surface area contributed by atoms with E-state index in [1.807, 2.05) is 0 Å². The zero-order valence-corrected chi connectivity index (χ0v) is 5.01. The molecule has 5 nitrogen and oxygen atoms in total. The minimum Gasteiger partial charge on any atom is -0.596 e. The van der Waals surface area contributed by atoms with Crippen LogP contribution < -0.4 is 4.85 Å². The molecule has 2 aromatic heterocycles. The van der Waals surface area contributed by atoms with Gasteiger partial charge in [0.1, 0.15) is 0 Å². The lowest BCUT2D eigenvalue weighted by atomic mass is 10.6. The molecule has 0 aliphatic heterocycles. The van der Waals surface area contributed by atoms with Crippen molar-refractivity contribution < 1.29 is 4.85 Å². The van der Waals surface area contributed by atoms with Gasteiger partial charge in [0.2, 0.25) is 11.8 Å². The Kier molecular flexibility index (Phi) is 0.858. The van der Waals surface area contributed by atoms with E-state index in [1.165, 1.54) is 17.0 Å². The van der Waals surface area contributed by atoms with E-state index >= 15 is 0 Å². The maximum Gasteiger partial charge on any atom is 0.218 e. The van der Waals surface area contributed by atoms with Gasteiger partial charge in [-0.2, -0.15) is 0 Å². The van der Waals surface area contributed by atoms with Crippen LogP contribution in [0.15, 0.2) is 24.7 Å². The quantitative estimate of drug-likeness (QED) is 0.357. The zero-order chi connectivity index (χ0) is 6.97. The molecule has 50 valence electrons. The highest BCUT2D eigenvalue weighted by molar-refractivity contribution is 5.31. The molecule has 0 saturated carbocycles. The molecule has 0 unspecified atom stereocenters. The first-order valence-electron chi connectivity index (χ1n) is 2.76. The fraction of sp³-hybridized carbons (Fsp3) is 0. The second-order valence-electron chi connectivity index (χ2n) is 1.84. The van der Waals surface area contributed by atoms with Gasteiger partial charge in [-0.1, -0.05) is 9.36 Å². The Morgan fingerprint density at radius 1 is 1.60 bits per heavy atom. The van der Waals surface area contributed by atoms with E-state index < -0.39 is 0 Å². The van der Waals surface area contributed by atoms with Crippen molar-refractivity contribution in [2.24, 2.45) is 0 Å². The maximum absolute atomic E-state index is 10.8. The third-order valence-corrected chi connectivity index (χ3v) is 1.23. The Labute approximate surface area is 56.1 Å². The predicted molar refractivity (Wildman–Crippen MR) is 31.9 cm³/mol. The van der Waals surface area contributed by atoms with Crippen LogP contribution in [0.25, 0.3) is 5.65 Å². The van der Waals surface area contributed by atoms with Crippen LogP contribution in [0.3, 0.4) is 0 Å². The number of hydrogen-bond donors (Lipinski definition) is 0. The Morgan fingerprint density at radius 2 is 2.50 bits per heavy atom. The molecule has 0 atom stereocenters. The van der Waals surface area contributed by atoms with Gasteiger partial charge in [0, 0.05) is 6.07 Å². The van der Waals surface area contributed by atoms with Crippen LogP contribution in [0.2, 0.25) is 0 Å². The first-order valence-corrected chi connectivity index (χ1v) is 2.76. The summed E-state index contributed by atoms with van der Waals surface area (Å²) in [6, 6.07) is 3.33. The van der Waals surface area contributed by atoms with E-state index in [-0.39, 0.29) is 0 Å². The summed E-state index contributed by atoms with van der Waals surface area (Å²) in [6.45, 7) is 0. The van der Waals surface area contributed by atoms with Crippen LogP contribution in [-0.4, -0.2) is 14.7 Å². The van der Waals surface area contributed by atoms with Crippen molar-refractivity contribution >= 4 is 5.65 Å². The van der Waals surface area contributed by atoms with Crippen molar-refractivity contribution in [3.05, 3.63) is 29.9 Å². The van der Waals surface area contributed by atoms with E-state index in [4.69, 9.17) is 0 Å². The smallest absolute Gasteiger partial charge is 0.218 e. The lowest BCUT2D eigenvalue weighted by Gasteiger charge is -1.93. The summed E-state index contributed by atoms with van der Waals surface area (Å²) < 4.78 is 1.31. The van der Waals surface area contributed by atoms with Gasteiger partial charge in [0.25, 0.3) is 0 Å². The lowest BCUT2D eigenvalue weighted by Crippen LogP contribution is -2.34. The standard InChI is InChI=1S/C5H4N4O/c10-9-3-1-2-5-7-6-4-8(5)9/h1-4H. The summed E-state index contributed by atoms with van der Waals surface area (Å²) in [6.07, 6.45) is 2.75. The molecule has 0 fully saturated rings. The van der Waals surface area contributed by atoms with Gasteiger partial charge < -0.3 is 5.21 Å². The van der Waals surface area contributed by atoms with Crippen molar-refractivity contribution in [3.63, 3.8) is 0 Å². The first-order chi connectivity index (χ1) is 4.88. The second-order valence-corrected chi connectivity index (χ2v) is 1.84. The fourth-order valence-corrected chi connectivity index (χ4v) is 0.775. The minimum absolute atomic E-state index is 0.553. The SMILES string of the molecule is [O-][n+]1cccc2nncn21. The van der Waals surface area contributed by atoms with Gasteiger partial charge in [-0.25, -0.2) is 0 Å². The minimum atomic E-state index is 0.553. The molecule has 0 amide bonds. The van der Waals surface area contributed by atoms with Crippen molar-refractivity contribution in [1.82, 2.24) is 14.7 Å². The molecule has 0 spiro atoms. The molecule has 0 N–H and O–H groups in total. The predicted octanol–water partition coefficient (Wildman–Crippen LogP) is -0.637. The largest absolute Gasteiger partial charge is 0.596 e. The van der Waals surface area contributed by atoms with Crippen LogP contribution in [0.4, 0.5) is 0 Å². The highest BCUT2D eigenvalue weighted by Crippen LogP contribution is 1.89. The van der Waals surface area contributed by atoms with Crippen LogP contribution >= 0.6 is 0 Å². The number of nitrogens with zero attached hydrogens (tertiary/aromatic N) is 4. The van der Waals surface area contributed by atoms with Gasteiger partial charge in [-0.15, -0.1) is 10.2 Å². The molecule has 0 saturated heterocycles. The zero-order valence-electron chi connectivity index (χ0n) is 5.01. The molecular weight excluding hydrogens is 132 g/mol. The van der Waals surface area contributed by atoms with Crippen LogP contribution in [-0.2, 0) is 0 Å². The molecule has 5 heteroatoms. The van der Waals surface area contributed by atoms with E-state index in [1.54, 1.807) is 12.1 Å². The topological polar surface area (TPSA) is 57.1 Å². The summed E-state index contributed by atoms with van der Waals surface area (Å²) in [5.41, 5.74) is 0.553. The maximum atomic E-state index is 10.8. The van der Waals surface area contributed by atoms with Crippen molar-refractivity contribution in [2.75, 3.05) is 0 Å². The molecule has 0 bridgehead atoms. The monoisotopic (exact) mass is 136 g/mol. The van der Waals surface area contributed by atoms with Crippen molar-refractivity contribution in [2.45, 2.75) is 0 Å². The van der Waals surface area contributed by atoms with Crippen LogP contribution in [0.1, 0.15) is 0 Å². The van der Waals surface area contributed by atoms with Gasteiger partial charge in [-0.05, 0) is 6.07 Å². The van der Waals surface area contributed by atoms with Crippen LogP contribution in [0, 0.1) is 5.21 Å². The number of aromatic nitrogens is 4. The van der Waals surface area contributed by atoms with Crippen LogP contribution in [0.5, 0.6) is 0 Å². The summed E-state index contributed by atoms with van der Waals surface area (Å²) in [5.74, 6) is 0. The molecule has 2 heterocycles.